The molecule has 2 aromatic carbocycles. The lowest BCUT2D eigenvalue weighted by Crippen LogP contribution is -2.47. The van der Waals surface area contributed by atoms with Crippen LogP contribution in [0.5, 0.6) is 0 Å². The highest BCUT2D eigenvalue weighted by molar-refractivity contribution is 5.88. The van der Waals surface area contributed by atoms with E-state index in [2.05, 4.69) is 29.7 Å². The first-order valence-electron chi connectivity index (χ1n) is 15.3. The molecule has 41 heavy (non-hydrogen) atoms. The number of carbonyl (C=O) groups excluding carboxylic acids is 3. The van der Waals surface area contributed by atoms with Gasteiger partial charge in [0.2, 0.25) is 5.91 Å². The summed E-state index contributed by atoms with van der Waals surface area (Å²) in [5.41, 5.74) is 3.70. The van der Waals surface area contributed by atoms with Gasteiger partial charge < -0.3 is 20.1 Å². The standard InChI is InChI=1S/C34H48N2O5/c1-5-6-7-8-9-10-11-12-17-22-35-31(37)23-30(32(38)41-34(2,3)4)36-33(39)40-24-29-27-20-15-13-18-25(27)26-19-14-16-21-28(26)29/h13-16,18-21,29-30H,5-12,17,22-24H2,1-4H3,(H,35,37)(H,36,39)/t30-/m0/s1. The molecule has 0 heterocycles. The summed E-state index contributed by atoms with van der Waals surface area (Å²) < 4.78 is 11.1. The SMILES string of the molecule is CCCCCCCCCCCNC(=O)C[C@H](NC(=O)OCC1c2ccccc2-c2ccccc21)C(=O)OC(C)(C)C. The second-order valence-corrected chi connectivity index (χ2v) is 11.9. The summed E-state index contributed by atoms with van der Waals surface area (Å²) in [6, 6.07) is 15.0. The number of fused-ring (bicyclic) bond motifs is 3. The summed E-state index contributed by atoms with van der Waals surface area (Å²) in [7, 11) is 0. The van der Waals surface area contributed by atoms with Crippen molar-refractivity contribution in [1.82, 2.24) is 10.6 Å². The zero-order chi connectivity index (χ0) is 29.7. The topological polar surface area (TPSA) is 93.7 Å². The summed E-state index contributed by atoms with van der Waals surface area (Å²) in [4.78, 5) is 38.4. The van der Waals surface area contributed by atoms with Crippen LogP contribution in [0.15, 0.2) is 48.5 Å². The third-order valence-electron chi connectivity index (χ3n) is 7.32. The van der Waals surface area contributed by atoms with Crippen molar-refractivity contribution in [2.75, 3.05) is 13.2 Å². The lowest BCUT2D eigenvalue weighted by atomic mass is 9.98. The molecular weight excluding hydrogens is 516 g/mol. The molecule has 0 aliphatic heterocycles. The van der Waals surface area contributed by atoms with E-state index in [1.165, 1.54) is 38.5 Å². The van der Waals surface area contributed by atoms with Crippen LogP contribution in [0.4, 0.5) is 4.79 Å². The fourth-order valence-corrected chi connectivity index (χ4v) is 5.27. The van der Waals surface area contributed by atoms with Crippen molar-refractivity contribution in [3.8, 4) is 11.1 Å². The van der Waals surface area contributed by atoms with Gasteiger partial charge in [-0.3, -0.25) is 4.79 Å². The zero-order valence-corrected chi connectivity index (χ0v) is 25.3. The fourth-order valence-electron chi connectivity index (χ4n) is 5.27. The number of alkyl carbamates (subject to hydrolysis) is 1. The maximum absolute atomic E-state index is 12.9. The summed E-state index contributed by atoms with van der Waals surface area (Å²) in [5, 5.41) is 5.47. The van der Waals surface area contributed by atoms with Crippen molar-refractivity contribution in [2.24, 2.45) is 0 Å². The van der Waals surface area contributed by atoms with Gasteiger partial charge in [0.05, 0.1) is 6.42 Å². The third-order valence-corrected chi connectivity index (χ3v) is 7.32. The van der Waals surface area contributed by atoms with E-state index in [4.69, 9.17) is 9.47 Å². The Morgan fingerprint density at radius 3 is 1.90 bits per heavy atom. The van der Waals surface area contributed by atoms with Gasteiger partial charge in [0, 0.05) is 12.5 Å². The number of nitrogens with one attached hydrogen (secondary N) is 2. The Labute approximate surface area is 245 Å². The molecule has 0 saturated heterocycles. The number of amides is 2. The molecule has 0 spiro atoms. The molecule has 3 rings (SSSR count). The number of hydrogen-bond donors (Lipinski definition) is 2. The molecule has 7 heteroatoms. The molecule has 0 bridgehead atoms. The van der Waals surface area contributed by atoms with Gasteiger partial charge in [-0.1, -0.05) is 107 Å². The maximum atomic E-state index is 12.9. The first kappa shape index (κ1) is 32.2. The quantitative estimate of drug-likeness (QED) is 0.165. The van der Waals surface area contributed by atoms with Gasteiger partial charge in [-0.15, -0.1) is 0 Å². The van der Waals surface area contributed by atoms with Gasteiger partial charge in [0.25, 0.3) is 0 Å². The molecule has 224 valence electrons. The van der Waals surface area contributed by atoms with E-state index in [0.29, 0.717) is 6.54 Å². The van der Waals surface area contributed by atoms with Gasteiger partial charge in [-0.2, -0.15) is 0 Å². The number of ether oxygens (including phenoxy) is 2. The summed E-state index contributed by atoms with van der Waals surface area (Å²) in [5.74, 6) is -1.07. The molecule has 1 aliphatic carbocycles. The predicted octanol–water partition coefficient (Wildman–Crippen LogP) is 7.27. The van der Waals surface area contributed by atoms with Crippen LogP contribution in [0.2, 0.25) is 0 Å². The van der Waals surface area contributed by atoms with E-state index >= 15 is 0 Å². The van der Waals surface area contributed by atoms with Crippen LogP contribution in [0.3, 0.4) is 0 Å². The third kappa shape index (κ3) is 10.5. The largest absolute Gasteiger partial charge is 0.458 e. The first-order chi connectivity index (χ1) is 19.7. The molecule has 2 aromatic rings. The number of hydrogen-bond acceptors (Lipinski definition) is 5. The Morgan fingerprint density at radius 1 is 0.805 bits per heavy atom. The Kier molecular flexibility index (Phi) is 12.7. The highest BCUT2D eigenvalue weighted by Crippen LogP contribution is 2.44. The van der Waals surface area contributed by atoms with E-state index in [1.54, 1.807) is 20.8 Å². The molecule has 0 radical (unpaired) electrons. The summed E-state index contributed by atoms with van der Waals surface area (Å²) in [6.07, 6.45) is 9.81. The van der Waals surface area contributed by atoms with Gasteiger partial charge in [0.15, 0.2) is 0 Å². The highest BCUT2D eigenvalue weighted by atomic mass is 16.6. The van der Waals surface area contributed by atoms with Gasteiger partial charge in [-0.05, 0) is 49.4 Å². The van der Waals surface area contributed by atoms with Crippen molar-refractivity contribution in [2.45, 2.75) is 109 Å². The van der Waals surface area contributed by atoms with Crippen LogP contribution in [-0.4, -0.2) is 42.8 Å². The zero-order valence-electron chi connectivity index (χ0n) is 25.3. The van der Waals surface area contributed by atoms with Crippen molar-refractivity contribution >= 4 is 18.0 Å². The molecular formula is C34H48N2O5. The second kappa shape index (κ2) is 16.2. The van der Waals surface area contributed by atoms with E-state index in [0.717, 1.165) is 41.5 Å². The van der Waals surface area contributed by atoms with Crippen molar-refractivity contribution in [3.63, 3.8) is 0 Å². The number of esters is 1. The first-order valence-corrected chi connectivity index (χ1v) is 15.3. The molecule has 7 nitrogen and oxygen atoms in total. The number of rotatable bonds is 16. The molecule has 1 aliphatic rings. The summed E-state index contributed by atoms with van der Waals surface area (Å²) in [6.45, 7) is 8.13. The van der Waals surface area contributed by atoms with E-state index in [1.807, 2.05) is 36.4 Å². The fraction of sp³-hybridized carbons (Fsp3) is 0.559. The highest BCUT2D eigenvalue weighted by Gasteiger charge is 2.32. The van der Waals surface area contributed by atoms with E-state index < -0.39 is 23.7 Å². The van der Waals surface area contributed by atoms with Gasteiger partial charge >= 0.3 is 12.1 Å². The van der Waals surface area contributed by atoms with Crippen LogP contribution < -0.4 is 10.6 Å². The van der Waals surface area contributed by atoms with Crippen molar-refractivity contribution < 1.29 is 23.9 Å². The number of carbonyl (C=O) groups is 3. The van der Waals surface area contributed by atoms with Crippen LogP contribution in [0.1, 0.15) is 109 Å². The van der Waals surface area contributed by atoms with Crippen LogP contribution >= 0.6 is 0 Å². The smallest absolute Gasteiger partial charge is 0.407 e. The van der Waals surface area contributed by atoms with Crippen LogP contribution in [0.25, 0.3) is 11.1 Å². The minimum Gasteiger partial charge on any atom is -0.458 e. The van der Waals surface area contributed by atoms with Crippen LogP contribution in [-0.2, 0) is 19.1 Å². The van der Waals surface area contributed by atoms with E-state index in [9.17, 15) is 14.4 Å². The van der Waals surface area contributed by atoms with Crippen molar-refractivity contribution in [1.29, 1.82) is 0 Å². The molecule has 0 aromatic heterocycles. The van der Waals surface area contributed by atoms with E-state index in [-0.39, 0.29) is 24.9 Å². The number of unbranched alkanes of at least 4 members (excludes halogenated alkanes) is 8. The monoisotopic (exact) mass is 564 g/mol. The Hall–Kier alpha value is -3.35. The average Bonchev–Trinajstić information content (AvgIpc) is 3.25. The molecule has 0 saturated carbocycles. The minimum absolute atomic E-state index is 0.104. The predicted molar refractivity (Wildman–Crippen MR) is 163 cm³/mol. The Morgan fingerprint density at radius 2 is 1.34 bits per heavy atom. The minimum atomic E-state index is -1.15. The lowest BCUT2D eigenvalue weighted by molar-refractivity contribution is -0.158. The Balaban J connectivity index is 1.48. The van der Waals surface area contributed by atoms with Gasteiger partial charge in [-0.25, -0.2) is 9.59 Å². The molecule has 2 amide bonds. The Bertz CT molecular complexity index is 1090. The maximum Gasteiger partial charge on any atom is 0.407 e. The molecule has 2 N–H and O–H groups in total. The summed E-state index contributed by atoms with van der Waals surface area (Å²) >= 11 is 0. The number of benzene rings is 2. The van der Waals surface area contributed by atoms with Crippen LogP contribution in [0, 0.1) is 0 Å². The molecule has 0 unspecified atom stereocenters. The van der Waals surface area contributed by atoms with Crippen molar-refractivity contribution in [3.05, 3.63) is 59.7 Å². The average molecular weight is 565 g/mol. The molecule has 1 atom stereocenters. The second-order valence-electron chi connectivity index (χ2n) is 11.9. The normalized spacial score (nSPS) is 13.2. The van der Waals surface area contributed by atoms with Gasteiger partial charge in [0.1, 0.15) is 18.2 Å². The lowest BCUT2D eigenvalue weighted by Gasteiger charge is -2.24. The molecule has 0 fully saturated rings.